The van der Waals surface area contributed by atoms with Crippen LogP contribution in [0.2, 0.25) is 0 Å². The zero-order valence-corrected chi connectivity index (χ0v) is 23.5. The smallest absolute Gasteiger partial charge is 0.255 e. The molecule has 11 heteroatoms. The number of alkyl halides is 1. The van der Waals surface area contributed by atoms with E-state index in [4.69, 9.17) is 4.74 Å². The fourth-order valence-electron chi connectivity index (χ4n) is 4.80. The maximum absolute atomic E-state index is 14.2. The standard InChI is InChI=1S/C25H27BrFN2O5PS/c1-13-9-20(34-3)18(12-19(13)26)23(30)29-22-15-8-7-14(10-15)21(22)24(31)28-16-5-4-6-17(11-16)36(32,33)25(2,27)35/h4-9,11-12,14-15,21-22H,10,35H2,1-3H3,(H,28,31)(H,29,30)/t14-,15-,21-,22+,25?/m0/s1. The largest absolute Gasteiger partial charge is 0.496 e. The van der Waals surface area contributed by atoms with Crippen LogP contribution in [0.4, 0.5) is 10.1 Å². The number of amides is 2. The van der Waals surface area contributed by atoms with Gasteiger partial charge < -0.3 is 15.4 Å². The fraction of sp³-hybridized carbons (Fsp3) is 0.360. The maximum Gasteiger partial charge on any atom is 0.255 e. The van der Waals surface area contributed by atoms with Gasteiger partial charge in [0, 0.05) is 16.2 Å². The molecular formula is C25H27BrFN2O5PS. The number of aryl methyl sites for hydroxylation is 1. The summed E-state index contributed by atoms with van der Waals surface area (Å²) in [5, 5.41) is 5.79. The van der Waals surface area contributed by atoms with Gasteiger partial charge in [0.15, 0.2) is 0 Å². The number of halogens is 2. The van der Waals surface area contributed by atoms with Crippen LogP contribution >= 0.6 is 25.2 Å². The molecule has 6 atom stereocenters. The summed E-state index contributed by atoms with van der Waals surface area (Å²) in [4.78, 5) is 26.3. The maximum atomic E-state index is 14.2. The molecule has 0 aromatic heterocycles. The number of nitrogens with one attached hydrogen (secondary N) is 2. The van der Waals surface area contributed by atoms with Crippen LogP contribution in [-0.2, 0) is 14.6 Å². The van der Waals surface area contributed by atoms with Crippen LogP contribution in [-0.4, -0.2) is 38.1 Å². The Morgan fingerprint density at radius 1 is 1.19 bits per heavy atom. The van der Waals surface area contributed by atoms with Crippen LogP contribution in [0.25, 0.3) is 0 Å². The van der Waals surface area contributed by atoms with E-state index in [2.05, 4.69) is 26.6 Å². The van der Waals surface area contributed by atoms with Gasteiger partial charge in [-0.2, -0.15) is 0 Å². The van der Waals surface area contributed by atoms with Gasteiger partial charge in [0.25, 0.3) is 5.91 Å². The van der Waals surface area contributed by atoms with Gasteiger partial charge in [-0.15, -0.1) is 0 Å². The zero-order chi connectivity index (χ0) is 26.4. The molecule has 1 fully saturated rings. The summed E-state index contributed by atoms with van der Waals surface area (Å²) in [5.74, 6) is -0.910. The van der Waals surface area contributed by atoms with Crippen molar-refractivity contribution in [2.45, 2.75) is 35.9 Å². The Bertz CT molecular complexity index is 1360. The van der Waals surface area contributed by atoms with Gasteiger partial charge in [0.05, 0.1) is 23.5 Å². The van der Waals surface area contributed by atoms with Crippen molar-refractivity contribution in [3.63, 3.8) is 0 Å². The van der Waals surface area contributed by atoms with Crippen molar-refractivity contribution >= 4 is 52.5 Å². The lowest BCUT2D eigenvalue weighted by Gasteiger charge is -2.28. The predicted molar refractivity (Wildman–Crippen MR) is 142 cm³/mol. The summed E-state index contributed by atoms with van der Waals surface area (Å²) >= 11 is 3.45. The molecule has 2 aromatic rings. The van der Waals surface area contributed by atoms with E-state index < -0.39 is 26.5 Å². The minimum Gasteiger partial charge on any atom is -0.496 e. The number of allylic oxidation sites excluding steroid dienone is 1. The van der Waals surface area contributed by atoms with Crippen molar-refractivity contribution in [3.05, 3.63) is 64.1 Å². The van der Waals surface area contributed by atoms with Crippen LogP contribution in [0.15, 0.2) is 57.9 Å². The van der Waals surface area contributed by atoms with E-state index in [0.717, 1.165) is 23.4 Å². The van der Waals surface area contributed by atoms with E-state index in [-0.39, 0.29) is 34.2 Å². The number of carbonyl (C=O) groups is 2. The highest BCUT2D eigenvalue weighted by atomic mass is 79.9. The second-order valence-corrected chi connectivity index (χ2v) is 13.9. The van der Waals surface area contributed by atoms with Gasteiger partial charge in [-0.3, -0.25) is 9.59 Å². The lowest BCUT2D eigenvalue weighted by molar-refractivity contribution is -0.121. The van der Waals surface area contributed by atoms with Gasteiger partial charge in [-0.05, 0) is 68.0 Å². The first-order valence-electron chi connectivity index (χ1n) is 11.3. The van der Waals surface area contributed by atoms with Gasteiger partial charge in [0.1, 0.15) is 5.75 Å². The molecule has 2 amide bonds. The minimum atomic E-state index is -4.27. The molecule has 2 unspecified atom stereocenters. The number of anilines is 1. The summed E-state index contributed by atoms with van der Waals surface area (Å²) in [6.45, 7) is 2.83. The normalized spacial score (nSPS) is 24.3. The number of ether oxygens (including phenoxy) is 1. The van der Waals surface area contributed by atoms with Gasteiger partial charge >= 0.3 is 0 Å². The molecule has 1 saturated carbocycles. The fourth-order valence-corrected chi connectivity index (χ4v) is 6.56. The first-order valence-corrected chi connectivity index (χ1v) is 14.2. The van der Waals surface area contributed by atoms with E-state index in [0.29, 0.717) is 11.3 Å². The van der Waals surface area contributed by atoms with Crippen LogP contribution < -0.4 is 15.4 Å². The Morgan fingerprint density at radius 3 is 2.56 bits per heavy atom. The second kappa shape index (κ2) is 9.88. The number of hydrogen-bond donors (Lipinski definition) is 2. The number of fused-ring (bicyclic) bond motifs is 2. The number of carbonyl (C=O) groups excluding carboxylic acids is 2. The minimum absolute atomic E-state index is 0.00865. The van der Waals surface area contributed by atoms with Gasteiger partial charge in [0.2, 0.25) is 20.5 Å². The third kappa shape index (κ3) is 4.95. The van der Waals surface area contributed by atoms with Crippen LogP contribution in [0.1, 0.15) is 29.3 Å². The zero-order valence-electron chi connectivity index (χ0n) is 19.9. The van der Waals surface area contributed by atoms with Crippen molar-refractivity contribution in [2.24, 2.45) is 17.8 Å². The summed E-state index contributed by atoms with van der Waals surface area (Å²) in [6, 6.07) is 8.51. The summed E-state index contributed by atoms with van der Waals surface area (Å²) in [6.07, 6.45) is 4.71. The molecule has 0 radical (unpaired) electrons. The molecular weight excluding hydrogens is 570 g/mol. The molecule has 192 valence electrons. The molecule has 0 spiro atoms. The highest BCUT2D eigenvalue weighted by molar-refractivity contribution is 9.10. The summed E-state index contributed by atoms with van der Waals surface area (Å²) in [7, 11) is -1.10. The van der Waals surface area contributed by atoms with E-state index in [1.54, 1.807) is 27.4 Å². The predicted octanol–water partition coefficient (Wildman–Crippen LogP) is 4.62. The lowest BCUT2D eigenvalue weighted by Crippen LogP contribution is -2.47. The Labute approximate surface area is 220 Å². The number of methoxy groups -OCH3 is 1. The molecule has 2 bridgehead atoms. The molecule has 36 heavy (non-hydrogen) atoms. The molecule has 7 nitrogen and oxygen atoms in total. The van der Waals surface area contributed by atoms with Crippen molar-refractivity contribution in [2.75, 3.05) is 12.4 Å². The summed E-state index contributed by atoms with van der Waals surface area (Å²) < 4.78 is 42.8. The lowest BCUT2D eigenvalue weighted by atomic mass is 9.87. The SMILES string of the molecule is COc1cc(C)c(Br)cc1C(=O)N[C@H]1[C@@H](C(=O)Nc2cccc(S(=O)(=O)C(C)(F)P)c2)[C@H]2C=C[C@H]1C2. The van der Waals surface area contributed by atoms with Crippen LogP contribution in [0.5, 0.6) is 5.75 Å². The first-order chi connectivity index (χ1) is 16.8. The van der Waals surface area contributed by atoms with E-state index in [9.17, 15) is 22.4 Å². The highest BCUT2D eigenvalue weighted by Gasteiger charge is 2.49. The molecule has 0 heterocycles. The second-order valence-electron chi connectivity index (χ2n) is 9.28. The highest BCUT2D eigenvalue weighted by Crippen LogP contribution is 2.44. The molecule has 0 saturated heterocycles. The third-order valence-corrected chi connectivity index (χ3v) is 10.4. The Kier molecular flexibility index (Phi) is 7.34. The number of rotatable bonds is 7. The topological polar surface area (TPSA) is 102 Å². The summed E-state index contributed by atoms with van der Waals surface area (Å²) in [5.41, 5.74) is 1.50. The van der Waals surface area contributed by atoms with E-state index in [1.165, 1.54) is 25.3 Å². The average Bonchev–Trinajstić information content (AvgIpc) is 3.41. The molecule has 2 aliphatic rings. The van der Waals surface area contributed by atoms with Gasteiger partial charge in [-0.25, -0.2) is 12.8 Å². The number of hydrogen-bond acceptors (Lipinski definition) is 5. The van der Waals surface area contributed by atoms with Crippen molar-refractivity contribution in [1.82, 2.24) is 5.32 Å². The Hall–Kier alpha value is -2.29. The van der Waals surface area contributed by atoms with Crippen LogP contribution in [0.3, 0.4) is 0 Å². The Morgan fingerprint density at radius 2 is 1.89 bits per heavy atom. The van der Waals surface area contributed by atoms with Crippen LogP contribution in [0, 0.1) is 24.7 Å². The van der Waals surface area contributed by atoms with Crippen molar-refractivity contribution in [1.29, 1.82) is 0 Å². The molecule has 2 N–H and O–H groups in total. The third-order valence-electron chi connectivity index (χ3n) is 6.72. The molecule has 0 aliphatic heterocycles. The van der Waals surface area contributed by atoms with Gasteiger partial charge in [-0.1, -0.05) is 43.4 Å². The van der Waals surface area contributed by atoms with Crippen molar-refractivity contribution < 1.29 is 27.1 Å². The quantitative estimate of drug-likeness (QED) is 0.359. The molecule has 4 rings (SSSR count). The number of sulfone groups is 1. The van der Waals surface area contributed by atoms with E-state index >= 15 is 0 Å². The number of benzene rings is 2. The van der Waals surface area contributed by atoms with Crippen molar-refractivity contribution in [3.8, 4) is 5.75 Å². The van der Waals surface area contributed by atoms with E-state index in [1.807, 2.05) is 19.1 Å². The molecule has 2 aliphatic carbocycles. The average molecular weight is 597 g/mol. The monoisotopic (exact) mass is 596 g/mol. The first kappa shape index (κ1) is 26.8. The molecule has 2 aromatic carbocycles. The Balaban J connectivity index is 1.56.